The van der Waals surface area contributed by atoms with Gasteiger partial charge in [0, 0.05) is 18.1 Å². The highest BCUT2D eigenvalue weighted by Crippen LogP contribution is 2.33. The van der Waals surface area contributed by atoms with Crippen LogP contribution in [0.4, 0.5) is 0 Å². The Bertz CT molecular complexity index is 933. The molecule has 29 heavy (non-hydrogen) atoms. The molecule has 0 aliphatic carbocycles. The number of hydrogen-bond acceptors (Lipinski definition) is 5. The van der Waals surface area contributed by atoms with Crippen LogP contribution in [-0.2, 0) is 16.1 Å². The fourth-order valence-electron chi connectivity index (χ4n) is 3.37. The zero-order chi connectivity index (χ0) is 20.4. The molecule has 0 bridgehead atoms. The number of hydrogen-bond donors (Lipinski definition) is 1. The van der Waals surface area contributed by atoms with Gasteiger partial charge in [-0.25, -0.2) is 0 Å². The lowest BCUT2D eigenvalue weighted by molar-refractivity contribution is -0.159. The van der Waals surface area contributed by atoms with Crippen molar-refractivity contribution in [3.05, 3.63) is 53.1 Å². The lowest BCUT2D eigenvalue weighted by atomic mass is 9.85. The highest BCUT2D eigenvalue weighted by atomic mass is 35.5. The van der Waals surface area contributed by atoms with Crippen molar-refractivity contribution in [2.75, 3.05) is 19.9 Å². The van der Waals surface area contributed by atoms with Gasteiger partial charge in [0.05, 0.1) is 0 Å². The molecule has 7 nitrogen and oxygen atoms in total. The summed E-state index contributed by atoms with van der Waals surface area (Å²) in [4.78, 5) is 26.9. The molecule has 1 fully saturated rings. The number of halogens is 1. The second kappa shape index (κ2) is 7.83. The Morgan fingerprint density at radius 2 is 1.93 bits per heavy atom. The second-order valence-electron chi connectivity index (χ2n) is 7.18. The Morgan fingerprint density at radius 3 is 2.66 bits per heavy atom. The first-order chi connectivity index (χ1) is 14.0. The van der Waals surface area contributed by atoms with Gasteiger partial charge in [-0.15, -0.1) is 0 Å². The maximum atomic E-state index is 12.8. The Morgan fingerprint density at radius 1 is 1.17 bits per heavy atom. The normalized spacial score (nSPS) is 19.4. The number of carbonyl (C=O) groups is 2. The van der Waals surface area contributed by atoms with Crippen LogP contribution in [0.25, 0.3) is 0 Å². The van der Waals surface area contributed by atoms with Crippen LogP contribution in [0.2, 0.25) is 5.02 Å². The molecule has 2 heterocycles. The van der Waals surface area contributed by atoms with E-state index in [9.17, 15) is 9.59 Å². The van der Waals surface area contributed by atoms with Crippen molar-refractivity contribution in [3.8, 4) is 17.2 Å². The summed E-state index contributed by atoms with van der Waals surface area (Å²) < 4.78 is 16.2. The van der Waals surface area contributed by atoms with Crippen LogP contribution >= 0.6 is 11.6 Å². The van der Waals surface area contributed by atoms with Crippen LogP contribution in [0.3, 0.4) is 0 Å². The minimum absolute atomic E-state index is 0.132. The molecule has 0 aromatic heterocycles. The number of ether oxygens (including phenoxy) is 3. The molecule has 0 saturated carbocycles. The first kappa shape index (κ1) is 19.4. The van der Waals surface area contributed by atoms with Crippen molar-refractivity contribution < 1.29 is 23.8 Å². The van der Waals surface area contributed by atoms with E-state index in [2.05, 4.69) is 5.32 Å². The average molecular weight is 417 g/mol. The summed E-state index contributed by atoms with van der Waals surface area (Å²) >= 11 is 5.84. The summed E-state index contributed by atoms with van der Waals surface area (Å²) in [5, 5.41) is 3.51. The molecule has 0 radical (unpaired) electrons. The smallest absolute Gasteiger partial charge is 0.261 e. The number of nitrogens with zero attached hydrogens (tertiary/aromatic N) is 1. The highest BCUT2D eigenvalue weighted by Gasteiger charge is 2.49. The lowest BCUT2D eigenvalue weighted by Gasteiger charge is -2.48. The van der Waals surface area contributed by atoms with Crippen LogP contribution in [-0.4, -0.2) is 42.2 Å². The molecular weight excluding hydrogens is 396 g/mol. The number of carbonyl (C=O) groups excluding carboxylic acids is 2. The largest absolute Gasteiger partial charge is 0.484 e. The van der Waals surface area contributed by atoms with E-state index in [0.717, 1.165) is 5.56 Å². The summed E-state index contributed by atoms with van der Waals surface area (Å²) in [6.07, 6.45) is 0.604. The first-order valence-electron chi connectivity index (χ1n) is 9.31. The third-order valence-corrected chi connectivity index (χ3v) is 5.53. The zero-order valence-corrected chi connectivity index (χ0v) is 16.7. The van der Waals surface area contributed by atoms with Gasteiger partial charge in [-0.2, -0.15) is 0 Å². The van der Waals surface area contributed by atoms with Gasteiger partial charge in [0.2, 0.25) is 12.7 Å². The van der Waals surface area contributed by atoms with Crippen LogP contribution < -0.4 is 19.5 Å². The molecule has 2 aromatic rings. The van der Waals surface area contributed by atoms with Crippen molar-refractivity contribution in [2.24, 2.45) is 0 Å². The first-order valence-corrected chi connectivity index (χ1v) is 9.69. The fraction of sp³-hybridized carbons (Fsp3) is 0.333. The number of benzene rings is 2. The molecule has 2 aromatic carbocycles. The molecule has 1 unspecified atom stereocenters. The van der Waals surface area contributed by atoms with Gasteiger partial charge in [0.25, 0.3) is 5.91 Å². The molecule has 2 amide bonds. The molecule has 8 heteroatoms. The Balaban J connectivity index is 1.31. The predicted octanol–water partition coefficient (Wildman–Crippen LogP) is 2.75. The van der Waals surface area contributed by atoms with Gasteiger partial charge < -0.3 is 24.4 Å². The number of rotatable bonds is 6. The molecule has 2 aliphatic rings. The van der Waals surface area contributed by atoms with Gasteiger partial charge in [-0.1, -0.05) is 17.7 Å². The quantitative estimate of drug-likeness (QED) is 0.783. The number of fused-ring (bicyclic) bond motifs is 1. The number of amides is 2. The van der Waals surface area contributed by atoms with Crippen LogP contribution in [0, 0.1) is 0 Å². The fourth-order valence-corrected chi connectivity index (χ4v) is 3.50. The minimum atomic E-state index is -0.878. The van der Waals surface area contributed by atoms with E-state index >= 15 is 0 Å². The van der Waals surface area contributed by atoms with E-state index in [0.29, 0.717) is 41.8 Å². The lowest BCUT2D eigenvalue weighted by Crippen LogP contribution is -2.68. The minimum Gasteiger partial charge on any atom is -0.484 e. The Hall–Kier alpha value is -2.93. The maximum absolute atomic E-state index is 12.8. The molecule has 1 N–H and O–H groups in total. The highest BCUT2D eigenvalue weighted by molar-refractivity contribution is 6.30. The van der Waals surface area contributed by atoms with Crippen molar-refractivity contribution in [1.29, 1.82) is 0 Å². The number of nitrogens with one attached hydrogen (secondary N) is 1. The van der Waals surface area contributed by atoms with E-state index in [1.807, 2.05) is 18.2 Å². The van der Waals surface area contributed by atoms with Crippen molar-refractivity contribution in [3.63, 3.8) is 0 Å². The van der Waals surface area contributed by atoms with Gasteiger partial charge in [-0.05, 0) is 55.3 Å². The Labute approximate surface area is 173 Å². The monoisotopic (exact) mass is 416 g/mol. The predicted molar refractivity (Wildman–Crippen MR) is 106 cm³/mol. The van der Waals surface area contributed by atoms with Crippen molar-refractivity contribution in [2.45, 2.75) is 25.4 Å². The van der Waals surface area contributed by atoms with E-state index in [-0.39, 0.29) is 25.2 Å². The zero-order valence-electron chi connectivity index (χ0n) is 15.9. The van der Waals surface area contributed by atoms with Gasteiger partial charge in [0.1, 0.15) is 11.3 Å². The third-order valence-electron chi connectivity index (χ3n) is 5.27. The standard InChI is InChI=1S/C21H21ClN2O5/c1-21(20(26)23-11-14-2-7-17-18(10-14)29-13-28-17)8-9-24(21)19(25)12-27-16-5-3-15(22)4-6-16/h2-7,10H,8-9,11-13H2,1H3,(H,23,26). The molecular formula is C21H21ClN2O5. The van der Waals surface area contributed by atoms with E-state index in [1.54, 1.807) is 36.1 Å². The van der Waals surface area contributed by atoms with E-state index in [4.69, 9.17) is 25.8 Å². The van der Waals surface area contributed by atoms with Crippen molar-refractivity contribution >= 4 is 23.4 Å². The van der Waals surface area contributed by atoms with Gasteiger partial charge >= 0.3 is 0 Å². The van der Waals surface area contributed by atoms with Gasteiger partial charge in [0.15, 0.2) is 18.1 Å². The van der Waals surface area contributed by atoms with Gasteiger partial charge in [-0.3, -0.25) is 9.59 Å². The molecule has 1 saturated heterocycles. The number of likely N-dealkylation sites (tertiary alicyclic amines) is 1. The molecule has 0 spiro atoms. The third kappa shape index (κ3) is 3.96. The summed E-state index contributed by atoms with van der Waals surface area (Å²) in [5.41, 5.74) is 0.0195. The molecule has 2 aliphatic heterocycles. The molecule has 4 rings (SSSR count). The molecule has 1 atom stereocenters. The topological polar surface area (TPSA) is 77.1 Å². The maximum Gasteiger partial charge on any atom is 0.261 e. The van der Waals surface area contributed by atoms with Crippen molar-refractivity contribution in [1.82, 2.24) is 10.2 Å². The molecule has 152 valence electrons. The van der Waals surface area contributed by atoms with Crippen LogP contribution in [0.15, 0.2) is 42.5 Å². The average Bonchev–Trinajstić information content (AvgIpc) is 3.18. The Kier molecular flexibility index (Phi) is 5.24. The van der Waals surface area contributed by atoms with Crippen LogP contribution in [0.1, 0.15) is 18.9 Å². The summed E-state index contributed by atoms with van der Waals surface area (Å²) in [6, 6.07) is 12.3. The summed E-state index contributed by atoms with van der Waals surface area (Å²) in [5.74, 6) is 1.50. The summed E-state index contributed by atoms with van der Waals surface area (Å²) in [7, 11) is 0. The van der Waals surface area contributed by atoms with E-state index in [1.165, 1.54) is 0 Å². The summed E-state index contributed by atoms with van der Waals surface area (Å²) in [6.45, 7) is 2.71. The van der Waals surface area contributed by atoms with E-state index < -0.39 is 5.54 Å². The van der Waals surface area contributed by atoms with Crippen LogP contribution in [0.5, 0.6) is 17.2 Å². The second-order valence-corrected chi connectivity index (χ2v) is 7.62. The SMILES string of the molecule is CC1(C(=O)NCc2ccc3c(c2)OCO3)CCN1C(=O)COc1ccc(Cl)cc1.